The maximum absolute atomic E-state index is 13.6. The molecule has 0 saturated heterocycles. The molecule has 0 unspecified atom stereocenters. The lowest BCUT2D eigenvalue weighted by Crippen LogP contribution is -2.03. The van der Waals surface area contributed by atoms with E-state index < -0.39 is 0 Å². The number of hydrogen-bond acceptors (Lipinski definition) is 2. The van der Waals surface area contributed by atoms with Crippen molar-refractivity contribution in [2.24, 2.45) is 0 Å². The molecule has 21 heavy (non-hydrogen) atoms. The second-order valence-electron chi connectivity index (χ2n) is 5.58. The fraction of sp³-hybridized carbons (Fsp3) is 0.278. The van der Waals surface area contributed by atoms with E-state index in [1.54, 1.807) is 18.2 Å². The van der Waals surface area contributed by atoms with Crippen molar-refractivity contribution < 1.29 is 13.9 Å². The van der Waals surface area contributed by atoms with E-state index in [0.29, 0.717) is 23.3 Å². The summed E-state index contributed by atoms with van der Waals surface area (Å²) in [6.07, 6.45) is 0.524. The molecule has 3 rings (SSSR count). The summed E-state index contributed by atoms with van der Waals surface area (Å²) in [5.41, 5.74) is 3.36. The summed E-state index contributed by atoms with van der Waals surface area (Å²) in [7, 11) is 0. The van der Waals surface area contributed by atoms with Crippen molar-refractivity contribution in [3.63, 3.8) is 0 Å². The fourth-order valence-electron chi connectivity index (χ4n) is 3.00. The van der Waals surface area contributed by atoms with E-state index in [-0.39, 0.29) is 24.1 Å². The number of Topliss-reactive ketones (excluding diaryl/α,β-unsaturated/α-hetero) is 1. The fourth-order valence-corrected chi connectivity index (χ4v) is 3.00. The van der Waals surface area contributed by atoms with Gasteiger partial charge in [0.25, 0.3) is 0 Å². The maximum atomic E-state index is 13.6. The highest BCUT2D eigenvalue weighted by atomic mass is 19.1. The van der Waals surface area contributed by atoms with Gasteiger partial charge in [-0.25, -0.2) is 4.39 Å². The standard InChI is InChI=1S/C18H17FO2/c1-11-7-8-16(18-15(20)9-12(2)17(11)18)21-10-13-5-3-4-6-14(13)19/h3-8,12H,9-10H2,1-2H3/t12-/m1/s1. The molecule has 3 heteroatoms. The zero-order chi connectivity index (χ0) is 15.0. The first-order valence-electron chi connectivity index (χ1n) is 7.11. The predicted molar refractivity (Wildman–Crippen MR) is 79.3 cm³/mol. The van der Waals surface area contributed by atoms with E-state index in [9.17, 15) is 9.18 Å². The van der Waals surface area contributed by atoms with Gasteiger partial charge in [-0.15, -0.1) is 0 Å². The van der Waals surface area contributed by atoms with E-state index >= 15 is 0 Å². The molecule has 0 fully saturated rings. The van der Waals surface area contributed by atoms with Gasteiger partial charge < -0.3 is 4.74 Å². The molecule has 1 atom stereocenters. The van der Waals surface area contributed by atoms with Crippen LogP contribution < -0.4 is 4.74 Å². The Morgan fingerprint density at radius 1 is 1.24 bits per heavy atom. The third-order valence-corrected chi connectivity index (χ3v) is 4.03. The quantitative estimate of drug-likeness (QED) is 0.835. The summed E-state index contributed by atoms with van der Waals surface area (Å²) in [5, 5.41) is 0. The minimum absolute atomic E-state index is 0.115. The number of benzene rings is 2. The van der Waals surface area contributed by atoms with E-state index in [0.717, 1.165) is 11.1 Å². The largest absolute Gasteiger partial charge is 0.488 e. The molecule has 1 aliphatic carbocycles. The molecular formula is C18H17FO2. The first kappa shape index (κ1) is 13.8. The summed E-state index contributed by atoms with van der Waals surface area (Å²) < 4.78 is 19.4. The van der Waals surface area contributed by atoms with Gasteiger partial charge in [0.15, 0.2) is 5.78 Å². The molecule has 0 aromatic heterocycles. The average molecular weight is 284 g/mol. The summed E-state index contributed by atoms with van der Waals surface area (Å²) in [6, 6.07) is 10.3. The molecule has 2 aromatic carbocycles. The van der Waals surface area contributed by atoms with Gasteiger partial charge in [-0.3, -0.25) is 4.79 Å². The van der Waals surface area contributed by atoms with Crippen molar-refractivity contribution in [2.75, 3.05) is 0 Å². The van der Waals surface area contributed by atoms with Gasteiger partial charge in [0.1, 0.15) is 18.2 Å². The minimum Gasteiger partial charge on any atom is -0.488 e. The van der Waals surface area contributed by atoms with E-state index in [2.05, 4.69) is 6.92 Å². The molecule has 0 N–H and O–H groups in total. The second-order valence-corrected chi connectivity index (χ2v) is 5.58. The van der Waals surface area contributed by atoms with Crippen LogP contribution in [0.25, 0.3) is 0 Å². The van der Waals surface area contributed by atoms with Crippen LogP contribution >= 0.6 is 0 Å². The van der Waals surface area contributed by atoms with E-state index in [4.69, 9.17) is 4.74 Å². The minimum atomic E-state index is -0.291. The van der Waals surface area contributed by atoms with Crippen molar-refractivity contribution >= 4 is 5.78 Å². The van der Waals surface area contributed by atoms with Crippen LogP contribution in [0.15, 0.2) is 36.4 Å². The van der Waals surface area contributed by atoms with Crippen LogP contribution in [0, 0.1) is 12.7 Å². The Bertz CT molecular complexity index is 706. The zero-order valence-electron chi connectivity index (χ0n) is 12.2. The van der Waals surface area contributed by atoms with Crippen molar-refractivity contribution in [3.05, 3.63) is 64.5 Å². The number of carbonyl (C=O) groups is 1. The number of ketones is 1. The van der Waals surface area contributed by atoms with Crippen molar-refractivity contribution in [3.8, 4) is 5.75 Å². The van der Waals surface area contributed by atoms with Gasteiger partial charge in [-0.2, -0.15) is 0 Å². The van der Waals surface area contributed by atoms with Crippen molar-refractivity contribution in [2.45, 2.75) is 32.8 Å². The SMILES string of the molecule is Cc1ccc(OCc2ccccc2F)c2c1[C@H](C)CC2=O. The van der Waals surface area contributed by atoms with Crippen LogP contribution in [0.4, 0.5) is 4.39 Å². The van der Waals surface area contributed by atoms with Crippen LogP contribution in [-0.4, -0.2) is 5.78 Å². The number of rotatable bonds is 3. The van der Waals surface area contributed by atoms with Crippen LogP contribution in [-0.2, 0) is 6.61 Å². The number of carbonyl (C=O) groups excluding carboxylic acids is 1. The highest BCUT2D eigenvalue weighted by molar-refractivity contribution is 6.04. The monoisotopic (exact) mass is 284 g/mol. The Balaban J connectivity index is 1.91. The van der Waals surface area contributed by atoms with Gasteiger partial charge in [0, 0.05) is 12.0 Å². The Kier molecular flexibility index (Phi) is 3.50. The lowest BCUT2D eigenvalue weighted by molar-refractivity contribution is 0.0986. The molecule has 2 aromatic rings. The highest BCUT2D eigenvalue weighted by Gasteiger charge is 2.31. The van der Waals surface area contributed by atoms with Crippen molar-refractivity contribution in [1.29, 1.82) is 0 Å². The summed E-state index contributed by atoms with van der Waals surface area (Å²) >= 11 is 0. The molecule has 0 amide bonds. The normalized spacial score (nSPS) is 16.9. The lowest BCUT2D eigenvalue weighted by atomic mass is 9.97. The van der Waals surface area contributed by atoms with Gasteiger partial charge >= 0.3 is 0 Å². The number of aryl methyl sites for hydroxylation is 1. The lowest BCUT2D eigenvalue weighted by Gasteiger charge is -2.13. The first-order valence-corrected chi connectivity index (χ1v) is 7.11. The van der Waals surface area contributed by atoms with Crippen LogP contribution in [0.2, 0.25) is 0 Å². The van der Waals surface area contributed by atoms with Crippen LogP contribution in [0.3, 0.4) is 0 Å². The van der Waals surface area contributed by atoms with Crippen LogP contribution in [0.5, 0.6) is 5.75 Å². The smallest absolute Gasteiger partial charge is 0.167 e. The Labute approximate surface area is 123 Å². The molecule has 1 aliphatic rings. The van der Waals surface area contributed by atoms with Crippen LogP contribution in [0.1, 0.15) is 46.3 Å². The average Bonchev–Trinajstić information content (AvgIpc) is 2.76. The second kappa shape index (κ2) is 5.32. The summed E-state index contributed by atoms with van der Waals surface area (Å²) in [4.78, 5) is 12.2. The molecule has 0 aliphatic heterocycles. The van der Waals surface area contributed by atoms with E-state index in [1.807, 2.05) is 19.1 Å². The molecule has 0 heterocycles. The number of hydrogen-bond donors (Lipinski definition) is 0. The number of halogens is 1. The van der Waals surface area contributed by atoms with Crippen molar-refractivity contribution in [1.82, 2.24) is 0 Å². The summed E-state index contributed by atoms with van der Waals surface area (Å²) in [6.45, 7) is 4.19. The zero-order valence-corrected chi connectivity index (χ0v) is 12.2. The molecule has 0 radical (unpaired) electrons. The molecule has 2 nitrogen and oxygen atoms in total. The topological polar surface area (TPSA) is 26.3 Å². The third-order valence-electron chi connectivity index (χ3n) is 4.03. The van der Waals surface area contributed by atoms with Gasteiger partial charge in [0.2, 0.25) is 0 Å². The summed E-state index contributed by atoms with van der Waals surface area (Å²) in [5.74, 6) is 0.614. The molecule has 0 spiro atoms. The predicted octanol–water partition coefficient (Wildman–Crippen LogP) is 4.40. The molecule has 0 saturated carbocycles. The third kappa shape index (κ3) is 2.44. The molecule has 0 bridgehead atoms. The van der Waals surface area contributed by atoms with Gasteiger partial charge in [-0.05, 0) is 36.1 Å². The highest BCUT2D eigenvalue weighted by Crippen LogP contribution is 2.40. The Hall–Kier alpha value is -2.16. The Morgan fingerprint density at radius 3 is 2.76 bits per heavy atom. The molecular weight excluding hydrogens is 267 g/mol. The van der Waals surface area contributed by atoms with Gasteiger partial charge in [0.05, 0.1) is 5.56 Å². The number of fused-ring (bicyclic) bond motifs is 1. The first-order chi connectivity index (χ1) is 10.1. The molecule has 108 valence electrons. The maximum Gasteiger partial charge on any atom is 0.167 e. The van der Waals surface area contributed by atoms with E-state index in [1.165, 1.54) is 6.07 Å². The Morgan fingerprint density at radius 2 is 2.00 bits per heavy atom. The van der Waals surface area contributed by atoms with Gasteiger partial charge in [-0.1, -0.05) is 31.2 Å². The number of ether oxygens (including phenoxy) is 1.